The van der Waals surface area contributed by atoms with E-state index in [1.54, 1.807) is 24.7 Å². The minimum Gasteiger partial charge on any atom is -0.357 e. The molecule has 36 heavy (non-hydrogen) atoms. The van der Waals surface area contributed by atoms with Gasteiger partial charge in [-0.25, -0.2) is 4.98 Å². The first-order valence-electron chi connectivity index (χ1n) is 11.4. The second-order valence-corrected chi connectivity index (χ2v) is 8.42. The van der Waals surface area contributed by atoms with Crippen molar-refractivity contribution >= 4 is 45.3 Å². The monoisotopic (exact) mass is 471 g/mol. The zero-order valence-electron chi connectivity index (χ0n) is 19.3. The fraction of sp³-hybridized carbons (Fsp3) is 0.0741. The van der Waals surface area contributed by atoms with Crippen LogP contribution in [-0.2, 0) is 0 Å². The minimum atomic E-state index is -0.195. The molecule has 0 spiro atoms. The third-order valence-corrected chi connectivity index (χ3v) is 5.88. The van der Waals surface area contributed by atoms with Gasteiger partial charge in [-0.15, -0.1) is 0 Å². The Morgan fingerprint density at radius 3 is 2.61 bits per heavy atom. The van der Waals surface area contributed by atoms with E-state index in [2.05, 4.69) is 42.3 Å². The maximum absolute atomic E-state index is 9.25. The minimum absolute atomic E-state index is 0.195. The highest BCUT2D eigenvalue weighted by atomic mass is 15.3. The van der Waals surface area contributed by atoms with Crippen molar-refractivity contribution in [3.05, 3.63) is 96.2 Å². The Balaban J connectivity index is 1.17. The average Bonchev–Trinajstić information content (AvgIpc) is 3.33. The number of rotatable bonds is 5. The van der Waals surface area contributed by atoms with Crippen LogP contribution in [0.3, 0.4) is 0 Å². The fourth-order valence-corrected chi connectivity index (χ4v) is 4.13. The summed E-state index contributed by atoms with van der Waals surface area (Å²) in [5.74, 6) is 1.50. The lowest BCUT2D eigenvalue weighted by atomic mass is 10.1. The molecule has 1 unspecified atom stereocenters. The fourth-order valence-electron chi connectivity index (χ4n) is 4.13. The van der Waals surface area contributed by atoms with Gasteiger partial charge in [-0.2, -0.15) is 5.26 Å². The molecule has 1 aromatic carbocycles. The molecule has 0 radical (unpaired) electrons. The third-order valence-electron chi connectivity index (χ3n) is 5.88. The van der Waals surface area contributed by atoms with Gasteiger partial charge in [-0.1, -0.05) is 0 Å². The van der Waals surface area contributed by atoms with Gasteiger partial charge in [0.2, 0.25) is 0 Å². The van der Waals surface area contributed by atoms with Crippen LogP contribution in [0.15, 0.2) is 79.3 Å². The first-order valence-corrected chi connectivity index (χ1v) is 11.4. The topological polar surface area (TPSA) is 123 Å². The molecule has 5 heterocycles. The summed E-state index contributed by atoms with van der Waals surface area (Å²) >= 11 is 0. The van der Waals surface area contributed by atoms with E-state index in [-0.39, 0.29) is 6.17 Å². The highest BCUT2D eigenvalue weighted by Crippen LogP contribution is 2.35. The number of aromatic nitrogens is 4. The molecule has 0 saturated heterocycles. The largest absolute Gasteiger partial charge is 0.357 e. The molecule has 0 aliphatic carbocycles. The number of fused-ring (bicyclic) bond motifs is 2. The van der Waals surface area contributed by atoms with E-state index in [9.17, 15) is 5.26 Å². The molecule has 1 aliphatic rings. The van der Waals surface area contributed by atoms with Crippen molar-refractivity contribution in [3.63, 3.8) is 0 Å². The highest BCUT2D eigenvalue weighted by molar-refractivity contribution is 5.93. The third kappa shape index (κ3) is 4.19. The lowest BCUT2D eigenvalue weighted by molar-refractivity contribution is 0.883. The second-order valence-electron chi connectivity index (χ2n) is 8.42. The van der Waals surface area contributed by atoms with Crippen LogP contribution in [0.5, 0.6) is 0 Å². The Bertz CT molecular complexity index is 1620. The lowest BCUT2D eigenvalue weighted by Crippen LogP contribution is -2.14. The lowest BCUT2D eigenvalue weighted by Gasteiger charge is -2.13. The van der Waals surface area contributed by atoms with Gasteiger partial charge in [0.15, 0.2) is 5.82 Å². The van der Waals surface area contributed by atoms with Crippen LogP contribution in [0.2, 0.25) is 0 Å². The van der Waals surface area contributed by atoms with Crippen LogP contribution in [0.1, 0.15) is 23.1 Å². The molecule has 0 fully saturated rings. The number of nitriles is 1. The average molecular weight is 472 g/mol. The smallest absolute Gasteiger partial charge is 0.153 e. The molecular formula is C27H21N9. The number of hydrogen-bond donors (Lipinski definition) is 4. The SMILES string of the molecule is Cc1cc(Nc2ccc3c(n2)NC(c2ccc(Nc4ccnc5ccc(C#N)cc45)cn2)N3)ccn1. The summed E-state index contributed by atoms with van der Waals surface area (Å²) in [6.45, 7) is 1.95. The first kappa shape index (κ1) is 21.3. The molecule has 9 heteroatoms. The molecule has 0 saturated carbocycles. The zero-order chi connectivity index (χ0) is 24.5. The molecule has 0 amide bonds. The van der Waals surface area contributed by atoms with Crippen LogP contribution in [0, 0.1) is 18.3 Å². The van der Waals surface area contributed by atoms with Gasteiger partial charge in [0.1, 0.15) is 12.0 Å². The summed E-state index contributed by atoms with van der Waals surface area (Å²) in [5.41, 5.74) is 6.74. The number of nitrogens with zero attached hydrogens (tertiary/aromatic N) is 5. The van der Waals surface area contributed by atoms with Gasteiger partial charge < -0.3 is 21.3 Å². The van der Waals surface area contributed by atoms with Gasteiger partial charge in [0, 0.05) is 34.8 Å². The Morgan fingerprint density at radius 1 is 0.861 bits per heavy atom. The van der Waals surface area contributed by atoms with E-state index in [0.29, 0.717) is 5.56 Å². The Morgan fingerprint density at radius 2 is 1.78 bits per heavy atom. The van der Waals surface area contributed by atoms with Crippen molar-refractivity contribution in [2.24, 2.45) is 0 Å². The Labute approximate surface area is 207 Å². The van der Waals surface area contributed by atoms with Crippen LogP contribution < -0.4 is 21.3 Å². The van der Waals surface area contributed by atoms with E-state index < -0.39 is 0 Å². The molecule has 1 atom stereocenters. The van der Waals surface area contributed by atoms with E-state index in [1.807, 2.05) is 61.5 Å². The molecule has 5 aromatic rings. The van der Waals surface area contributed by atoms with E-state index in [4.69, 9.17) is 4.98 Å². The predicted octanol–water partition coefficient (Wildman–Crippen LogP) is 5.62. The Hall–Kier alpha value is -5.23. The quantitative estimate of drug-likeness (QED) is 0.258. The normalized spacial score (nSPS) is 13.8. The summed E-state index contributed by atoms with van der Waals surface area (Å²) in [4.78, 5) is 18.0. The van der Waals surface area contributed by atoms with Crippen LogP contribution in [-0.4, -0.2) is 19.9 Å². The standard InChI is InChI=1S/C27H21N9/c1-16-12-18(8-10-29-16)33-25-7-6-24-27(35-25)36-26(34-24)23-5-3-19(15-31-23)32-22-9-11-30-21-4-2-17(14-28)13-20(21)22/h2-13,15,26,34H,1H3,(H,30,32)(H2,29,33,35,36). The van der Waals surface area contributed by atoms with Gasteiger partial charge in [0.05, 0.1) is 40.4 Å². The van der Waals surface area contributed by atoms with Crippen molar-refractivity contribution < 1.29 is 0 Å². The van der Waals surface area contributed by atoms with Crippen LogP contribution in [0.25, 0.3) is 10.9 Å². The van der Waals surface area contributed by atoms with Crippen molar-refractivity contribution in [2.45, 2.75) is 13.1 Å². The van der Waals surface area contributed by atoms with Gasteiger partial charge >= 0.3 is 0 Å². The number of benzene rings is 1. The number of hydrogen-bond acceptors (Lipinski definition) is 9. The van der Waals surface area contributed by atoms with Gasteiger partial charge in [0.25, 0.3) is 0 Å². The number of pyridine rings is 4. The predicted molar refractivity (Wildman–Crippen MR) is 140 cm³/mol. The number of aryl methyl sites for hydroxylation is 1. The summed E-state index contributed by atoms with van der Waals surface area (Å²) in [6, 6.07) is 21.3. The van der Waals surface area contributed by atoms with Crippen molar-refractivity contribution in [1.82, 2.24) is 19.9 Å². The van der Waals surface area contributed by atoms with E-state index >= 15 is 0 Å². The molecule has 9 nitrogen and oxygen atoms in total. The van der Waals surface area contributed by atoms with Crippen molar-refractivity contribution in [3.8, 4) is 6.07 Å². The van der Waals surface area contributed by atoms with Crippen molar-refractivity contribution in [2.75, 3.05) is 21.3 Å². The molecule has 6 rings (SSSR count). The summed E-state index contributed by atoms with van der Waals surface area (Å²) in [5, 5.41) is 23.7. The molecular weight excluding hydrogens is 450 g/mol. The molecule has 1 aliphatic heterocycles. The first-order chi connectivity index (χ1) is 17.6. The maximum Gasteiger partial charge on any atom is 0.153 e. The molecule has 174 valence electrons. The Kier molecular flexibility index (Phi) is 5.24. The summed E-state index contributed by atoms with van der Waals surface area (Å²) < 4.78 is 0. The summed E-state index contributed by atoms with van der Waals surface area (Å²) in [7, 11) is 0. The number of anilines is 6. The van der Waals surface area contributed by atoms with E-state index in [0.717, 1.165) is 56.7 Å². The number of nitrogens with one attached hydrogen (secondary N) is 4. The van der Waals surface area contributed by atoms with Crippen LogP contribution >= 0.6 is 0 Å². The van der Waals surface area contributed by atoms with Gasteiger partial charge in [-0.05, 0) is 67.6 Å². The highest BCUT2D eigenvalue weighted by Gasteiger charge is 2.23. The molecule has 4 aromatic heterocycles. The molecule has 0 bridgehead atoms. The van der Waals surface area contributed by atoms with Gasteiger partial charge in [-0.3, -0.25) is 15.0 Å². The van der Waals surface area contributed by atoms with E-state index in [1.165, 1.54) is 0 Å². The second kappa shape index (κ2) is 8.85. The maximum atomic E-state index is 9.25. The van der Waals surface area contributed by atoms with Crippen LogP contribution in [0.4, 0.5) is 34.4 Å². The molecule has 4 N–H and O–H groups in total. The summed E-state index contributed by atoms with van der Waals surface area (Å²) in [6.07, 6.45) is 5.11. The zero-order valence-corrected chi connectivity index (χ0v) is 19.3. The van der Waals surface area contributed by atoms with Crippen molar-refractivity contribution in [1.29, 1.82) is 5.26 Å².